The SMILES string of the molecule is CNC1=CN=CC1. The number of hydrogen-bond acceptors (Lipinski definition) is 2. The first kappa shape index (κ1) is 4.37. The number of rotatable bonds is 1. The molecule has 0 spiro atoms. The van der Waals surface area contributed by atoms with Gasteiger partial charge < -0.3 is 5.32 Å². The third-order valence-corrected chi connectivity index (χ3v) is 0.968. The topological polar surface area (TPSA) is 24.4 Å². The first-order valence-electron chi connectivity index (χ1n) is 2.32. The van der Waals surface area contributed by atoms with Crippen LogP contribution in [0.2, 0.25) is 0 Å². The minimum absolute atomic E-state index is 0.969. The van der Waals surface area contributed by atoms with Crippen molar-refractivity contribution in [3.63, 3.8) is 0 Å². The van der Waals surface area contributed by atoms with Crippen LogP contribution >= 0.6 is 0 Å². The predicted octanol–water partition coefficient (Wildman–Crippen LogP) is 0.522. The smallest absolute Gasteiger partial charge is 0.0457 e. The van der Waals surface area contributed by atoms with Gasteiger partial charge in [-0.3, -0.25) is 4.99 Å². The van der Waals surface area contributed by atoms with Gasteiger partial charge in [-0.2, -0.15) is 0 Å². The van der Waals surface area contributed by atoms with Gasteiger partial charge in [-0.1, -0.05) is 0 Å². The van der Waals surface area contributed by atoms with E-state index in [1.54, 1.807) is 0 Å². The van der Waals surface area contributed by atoms with E-state index in [2.05, 4.69) is 10.3 Å². The van der Waals surface area contributed by atoms with Crippen molar-refractivity contribution in [1.29, 1.82) is 0 Å². The number of nitrogens with zero attached hydrogens (tertiary/aromatic N) is 1. The van der Waals surface area contributed by atoms with Crippen molar-refractivity contribution >= 4 is 6.21 Å². The van der Waals surface area contributed by atoms with Gasteiger partial charge in [-0.05, 0) is 0 Å². The van der Waals surface area contributed by atoms with Crippen LogP contribution in [0.5, 0.6) is 0 Å². The molecule has 0 aromatic carbocycles. The minimum atomic E-state index is 0.969. The summed E-state index contributed by atoms with van der Waals surface area (Å²) in [6, 6.07) is 0. The molecular weight excluding hydrogens is 88.1 g/mol. The number of nitrogens with one attached hydrogen (secondary N) is 1. The molecule has 0 saturated heterocycles. The molecule has 1 heterocycles. The molecule has 0 atom stereocenters. The quantitative estimate of drug-likeness (QED) is 0.505. The van der Waals surface area contributed by atoms with Crippen LogP contribution in [0, 0.1) is 0 Å². The number of allylic oxidation sites excluding steroid dienone is 1. The van der Waals surface area contributed by atoms with Crippen molar-refractivity contribution in [2.45, 2.75) is 6.42 Å². The molecule has 0 bridgehead atoms. The van der Waals surface area contributed by atoms with E-state index in [1.807, 2.05) is 19.5 Å². The zero-order chi connectivity index (χ0) is 5.11. The highest BCUT2D eigenvalue weighted by atomic mass is 14.9. The molecule has 7 heavy (non-hydrogen) atoms. The lowest BCUT2D eigenvalue weighted by Gasteiger charge is -1.92. The maximum Gasteiger partial charge on any atom is 0.0457 e. The summed E-state index contributed by atoms with van der Waals surface area (Å²) in [5.74, 6) is 0. The highest BCUT2D eigenvalue weighted by Crippen LogP contribution is 1.99. The summed E-state index contributed by atoms with van der Waals surface area (Å²) in [6.45, 7) is 0. The summed E-state index contributed by atoms with van der Waals surface area (Å²) in [5, 5.41) is 3.00. The zero-order valence-corrected chi connectivity index (χ0v) is 4.31. The van der Waals surface area contributed by atoms with Gasteiger partial charge in [0, 0.05) is 31.6 Å². The molecule has 1 N–H and O–H groups in total. The molecule has 2 nitrogen and oxygen atoms in total. The largest absolute Gasteiger partial charge is 0.390 e. The second-order valence-electron chi connectivity index (χ2n) is 1.44. The van der Waals surface area contributed by atoms with E-state index in [-0.39, 0.29) is 0 Å². The van der Waals surface area contributed by atoms with Crippen LogP contribution < -0.4 is 5.32 Å². The van der Waals surface area contributed by atoms with Crippen LogP contribution in [0.1, 0.15) is 6.42 Å². The van der Waals surface area contributed by atoms with E-state index in [0.717, 1.165) is 6.42 Å². The van der Waals surface area contributed by atoms with Crippen LogP contribution in [-0.2, 0) is 0 Å². The Kier molecular flexibility index (Phi) is 1.11. The van der Waals surface area contributed by atoms with Crippen LogP contribution in [0.4, 0.5) is 0 Å². The Morgan fingerprint density at radius 3 is 3.00 bits per heavy atom. The van der Waals surface area contributed by atoms with E-state index >= 15 is 0 Å². The van der Waals surface area contributed by atoms with Crippen LogP contribution in [0.3, 0.4) is 0 Å². The summed E-state index contributed by atoms with van der Waals surface area (Å²) < 4.78 is 0. The van der Waals surface area contributed by atoms with Gasteiger partial charge >= 0.3 is 0 Å². The molecule has 1 rings (SSSR count). The van der Waals surface area contributed by atoms with Crippen LogP contribution in [0.15, 0.2) is 16.9 Å². The van der Waals surface area contributed by atoms with E-state index in [1.165, 1.54) is 5.70 Å². The Bertz CT molecular complexity index is 113. The molecule has 0 aromatic heterocycles. The third-order valence-electron chi connectivity index (χ3n) is 0.968. The molecule has 0 aliphatic carbocycles. The molecule has 0 radical (unpaired) electrons. The van der Waals surface area contributed by atoms with Crippen molar-refractivity contribution in [1.82, 2.24) is 5.32 Å². The lowest BCUT2D eigenvalue weighted by atomic mass is 10.4. The van der Waals surface area contributed by atoms with Gasteiger partial charge in [-0.15, -0.1) is 0 Å². The van der Waals surface area contributed by atoms with Crippen molar-refractivity contribution in [3.8, 4) is 0 Å². The van der Waals surface area contributed by atoms with Crippen molar-refractivity contribution < 1.29 is 0 Å². The molecule has 0 amide bonds. The Morgan fingerprint density at radius 2 is 2.71 bits per heavy atom. The molecule has 1 aliphatic heterocycles. The molecule has 0 aromatic rings. The molecule has 0 unspecified atom stereocenters. The normalized spacial score (nSPS) is 17.0. The average Bonchev–Trinajstić information content (AvgIpc) is 2.14. The fourth-order valence-electron chi connectivity index (χ4n) is 0.513. The lowest BCUT2D eigenvalue weighted by molar-refractivity contribution is 0.969. The van der Waals surface area contributed by atoms with E-state index in [9.17, 15) is 0 Å². The van der Waals surface area contributed by atoms with Crippen LogP contribution in [0.25, 0.3) is 0 Å². The lowest BCUT2D eigenvalue weighted by Crippen LogP contribution is -2.02. The summed E-state index contributed by atoms with van der Waals surface area (Å²) in [5.41, 5.74) is 1.19. The Hall–Kier alpha value is -0.790. The van der Waals surface area contributed by atoms with Gasteiger partial charge in [0.25, 0.3) is 0 Å². The second kappa shape index (κ2) is 1.78. The maximum absolute atomic E-state index is 3.89. The summed E-state index contributed by atoms with van der Waals surface area (Å²) in [7, 11) is 1.90. The van der Waals surface area contributed by atoms with Gasteiger partial charge in [0.15, 0.2) is 0 Å². The Balaban J connectivity index is 2.45. The monoisotopic (exact) mass is 96.1 g/mol. The highest BCUT2D eigenvalue weighted by Gasteiger charge is 1.92. The van der Waals surface area contributed by atoms with Crippen LogP contribution in [-0.4, -0.2) is 13.3 Å². The fourth-order valence-corrected chi connectivity index (χ4v) is 0.513. The molecule has 1 aliphatic rings. The number of hydrogen-bond donors (Lipinski definition) is 1. The molecule has 2 heteroatoms. The molecule has 0 fully saturated rings. The summed E-state index contributed by atoms with van der Waals surface area (Å²) >= 11 is 0. The molecule has 0 saturated carbocycles. The predicted molar refractivity (Wildman–Crippen MR) is 30.3 cm³/mol. The molecular formula is C5H8N2. The first-order valence-corrected chi connectivity index (χ1v) is 2.32. The first-order chi connectivity index (χ1) is 3.43. The minimum Gasteiger partial charge on any atom is -0.390 e. The van der Waals surface area contributed by atoms with Crippen molar-refractivity contribution in [3.05, 3.63) is 11.9 Å². The second-order valence-corrected chi connectivity index (χ2v) is 1.44. The van der Waals surface area contributed by atoms with Gasteiger partial charge in [-0.25, -0.2) is 0 Å². The fraction of sp³-hybridized carbons (Fsp3) is 0.400. The van der Waals surface area contributed by atoms with Crippen molar-refractivity contribution in [2.24, 2.45) is 4.99 Å². The maximum atomic E-state index is 3.89. The zero-order valence-electron chi connectivity index (χ0n) is 4.31. The van der Waals surface area contributed by atoms with Gasteiger partial charge in [0.1, 0.15) is 0 Å². The number of aliphatic imine (C=N–C) groups is 1. The highest BCUT2D eigenvalue weighted by molar-refractivity contribution is 5.64. The van der Waals surface area contributed by atoms with Crippen molar-refractivity contribution in [2.75, 3.05) is 7.05 Å². The summed E-state index contributed by atoms with van der Waals surface area (Å²) in [6.07, 6.45) is 4.68. The Morgan fingerprint density at radius 1 is 1.86 bits per heavy atom. The molecule has 38 valence electrons. The van der Waals surface area contributed by atoms with E-state index in [4.69, 9.17) is 0 Å². The van der Waals surface area contributed by atoms with Gasteiger partial charge in [0.05, 0.1) is 0 Å². The Labute approximate surface area is 42.9 Å². The van der Waals surface area contributed by atoms with Gasteiger partial charge in [0.2, 0.25) is 0 Å². The standard InChI is InChI=1S/C5H8N2/c1-6-5-2-3-7-4-5/h3-4,6H,2H2,1H3. The van der Waals surface area contributed by atoms with E-state index in [0.29, 0.717) is 0 Å². The van der Waals surface area contributed by atoms with E-state index < -0.39 is 0 Å². The third kappa shape index (κ3) is 0.796. The summed E-state index contributed by atoms with van der Waals surface area (Å²) in [4.78, 5) is 3.89. The average molecular weight is 96.1 g/mol.